The molecule has 17 heteroatoms. The zero-order valence-electron chi connectivity index (χ0n) is 37.8. The molecule has 2 bridgehead atoms. The van der Waals surface area contributed by atoms with Crippen molar-refractivity contribution < 1.29 is 83.9 Å². The van der Waals surface area contributed by atoms with Crippen molar-refractivity contribution in [2.45, 2.75) is 191 Å². The SMILES string of the molecule is CC(C)=C[C@@H]1CO[C@]23C[C@@]4(CO2)[C@@H]2CC[C@H]5C(C)(C)[C@@H](O[C@H]6O[C@H]([C@H](CO[C@@H]7O[C@@H](CO)[C@H](O)[C@H]7O)O[C@@H]7OC[C@H](O)[C@H](O)[C@H]7O)[C@H](O)[C@H]6O)CC[C@]5(C)[C@H]2CC[C@]4(C)[C@H]3[C@@]1(C)O. The summed E-state index contributed by atoms with van der Waals surface area (Å²) in [4.78, 5) is 0. The molecule has 0 aromatic carbocycles. The number of ether oxygens (including phenoxy) is 8. The van der Waals surface area contributed by atoms with Crippen LogP contribution in [-0.2, 0) is 37.9 Å². The van der Waals surface area contributed by atoms with Crippen molar-refractivity contribution in [3.8, 4) is 0 Å². The number of allylic oxidation sites excluding steroid dienone is 1. The van der Waals surface area contributed by atoms with E-state index >= 15 is 0 Å². The van der Waals surface area contributed by atoms with Gasteiger partial charge in [-0.15, -0.1) is 0 Å². The van der Waals surface area contributed by atoms with Crippen molar-refractivity contribution in [3.05, 3.63) is 11.6 Å². The van der Waals surface area contributed by atoms with Gasteiger partial charge in [0.15, 0.2) is 24.7 Å². The summed E-state index contributed by atoms with van der Waals surface area (Å²) in [6.45, 7) is 15.2. The maximum Gasteiger partial charge on any atom is 0.187 e. The van der Waals surface area contributed by atoms with Gasteiger partial charge in [0, 0.05) is 23.7 Å². The van der Waals surface area contributed by atoms with Gasteiger partial charge in [-0.1, -0.05) is 39.3 Å². The lowest BCUT2D eigenvalue weighted by Crippen LogP contribution is -2.68. The summed E-state index contributed by atoms with van der Waals surface area (Å²) < 4.78 is 49.3. The Morgan fingerprint density at radius 2 is 1.48 bits per heavy atom. The Hall–Kier alpha value is -0.940. The number of aliphatic hydroxyl groups is 9. The summed E-state index contributed by atoms with van der Waals surface area (Å²) in [7, 11) is 0. The lowest BCUT2D eigenvalue weighted by Gasteiger charge is -2.69. The summed E-state index contributed by atoms with van der Waals surface area (Å²) in [6, 6.07) is 0. The highest BCUT2D eigenvalue weighted by atomic mass is 16.8. The van der Waals surface area contributed by atoms with E-state index in [0.717, 1.165) is 38.5 Å². The molecule has 0 aromatic heterocycles. The van der Waals surface area contributed by atoms with Crippen molar-refractivity contribution in [3.63, 3.8) is 0 Å². The van der Waals surface area contributed by atoms with Crippen LogP contribution >= 0.6 is 0 Å². The third kappa shape index (κ3) is 7.03. The first-order chi connectivity index (χ1) is 29.6. The largest absolute Gasteiger partial charge is 0.394 e. The molecule has 9 aliphatic rings. The van der Waals surface area contributed by atoms with Crippen LogP contribution < -0.4 is 0 Å². The summed E-state index contributed by atoms with van der Waals surface area (Å²) in [5.41, 5.74) is -0.488. The smallest absolute Gasteiger partial charge is 0.187 e. The predicted molar refractivity (Wildman–Crippen MR) is 219 cm³/mol. The van der Waals surface area contributed by atoms with Crippen LogP contribution in [0.1, 0.15) is 93.4 Å². The number of aliphatic hydroxyl groups excluding tert-OH is 8. The summed E-state index contributed by atoms with van der Waals surface area (Å²) in [6.07, 6.45) is -10.5. The Bertz CT molecular complexity index is 1710. The fraction of sp³-hybridized carbons (Fsp3) is 0.957. The zero-order valence-corrected chi connectivity index (χ0v) is 37.8. The maximum absolute atomic E-state index is 12.5. The highest BCUT2D eigenvalue weighted by molar-refractivity contribution is 5.28. The van der Waals surface area contributed by atoms with Crippen LogP contribution in [0.4, 0.5) is 0 Å². The number of fused-ring (bicyclic) bond motifs is 4. The molecule has 24 atom stereocenters. The Morgan fingerprint density at radius 3 is 2.17 bits per heavy atom. The zero-order chi connectivity index (χ0) is 45.4. The minimum absolute atomic E-state index is 0.0260. The molecule has 5 aliphatic heterocycles. The normalized spacial score (nSPS) is 56.3. The molecule has 0 amide bonds. The van der Waals surface area contributed by atoms with Crippen molar-refractivity contribution in [1.82, 2.24) is 0 Å². The molecule has 0 unspecified atom stereocenters. The first kappa shape index (κ1) is 47.1. The molecule has 9 fully saturated rings. The highest BCUT2D eigenvalue weighted by Gasteiger charge is 2.82. The molecule has 4 aliphatic carbocycles. The van der Waals surface area contributed by atoms with Crippen molar-refractivity contribution in [2.24, 2.45) is 51.2 Å². The number of hydrogen-bond acceptors (Lipinski definition) is 17. The van der Waals surface area contributed by atoms with Gasteiger partial charge in [-0.05, 0) is 93.3 Å². The molecule has 5 saturated heterocycles. The molecule has 9 N–H and O–H groups in total. The van der Waals surface area contributed by atoms with Gasteiger partial charge in [-0.3, -0.25) is 0 Å². The number of rotatable bonds is 10. The van der Waals surface area contributed by atoms with Gasteiger partial charge in [-0.2, -0.15) is 0 Å². The summed E-state index contributed by atoms with van der Waals surface area (Å²) in [5, 5.41) is 97.0. The van der Waals surface area contributed by atoms with E-state index in [1.165, 1.54) is 5.57 Å². The van der Waals surface area contributed by atoms with E-state index in [2.05, 4.69) is 47.6 Å². The number of hydrogen-bond donors (Lipinski definition) is 9. The molecule has 0 radical (unpaired) electrons. The fourth-order valence-corrected chi connectivity index (χ4v) is 15.5. The van der Waals surface area contributed by atoms with E-state index in [-0.39, 0.29) is 52.1 Å². The maximum atomic E-state index is 12.5. The molecular formula is C46H74O17. The summed E-state index contributed by atoms with van der Waals surface area (Å²) >= 11 is 0. The minimum atomic E-state index is -1.70. The molecule has 0 aromatic rings. The second-order valence-electron chi connectivity index (χ2n) is 22.5. The van der Waals surface area contributed by atoms with Crippen LogP contribution in [0.25, 0.3) is 0 Å². The second kappa shape index (κ2) is 16.4. The minimum Gasteiger partial charge on any atom is -0.394 e. The molecule has 4 saturated carbocycles. The standard InChI is InChI=1S/C46H74O17/c1-21(2)14-22-16-58-46-19-45(20-59-46)24-8-9-28-41(3,4)29(11-12-42(28,5)23(24)10-13-43(45,6)40(46)44(22,7)55)62-39-35(54)32(51)36(63-39)27(61-37-33(52)30(49)25(48)17-56-37)18-57-38-34(53)31(50)26(15-47)60-38/h14,22-40,47-55H,8-13,15-20H2,1-7H3/t22-,23+,24-,25+,26+,27+,28+,29+,30+,31+,32-,33-,34-,35-,36-,37+,38-,39+,40+,42-,43-,44+,45-,46-/m1/s1. The van der Waals surface area contributed by atoms with Crippen LogP contribution in [-0.4, -0.2) is 176 Å². The van der Waals surface area contributed by atoms with Crippen LogP contribution in [0.3, 0.4) is 0 Å². The Balaban J connectivity index is 0.909. The van der Waals surface area contributed by atoms with Gasteiger partial charge in [0.2, 0.25) is 0 Å². The Kier molecular flexibility index (Phi) is 12.2. The van der Waals surface area contributed by atoms with E-state index in [9.17, 15) is 46.0 Å². The molecule has 5 heterocycles. The van der Waals surface area contributed by atoms with Crippen LogP contribution in [0, 0.1) is 51.2 Å². The average molecular weight is 899 g/mol. The Labute approximate surface area is 369 Å². The molecular weight excluding hydrogens is 824 g/mol. The van der Waals surface area contributed by atoms with E-state index in [4.69, 9.17) is 37.9 Å². The molecule has 17 nitrogen and oxygen atoms in total. The van der Waals surface area contributed by atoms with E-state index in [1.807, 2.05) is 6.92 Å². The third-order valence-corrected chi connectivity index (χ3v) is 18.6. The lowest BCUT2D eigenvalue weighted by atomic mass is 9.37. The second-order valence-corrected chi connectivity index (χ2v) is 22.5. The van der Waals surface area contributed by atoms with Crippen LogP contribution in [0.15, 0.2) is 11.6 Å². The van der Waals surface area contributed by atoms with Crippen molar-refractivity contribution >= 4 is 0 Å². The van der Waals surface area contributed by atoms with Gasteiger partial charge >= 0.3 is 0 Å². The van der Waals surface area contributed by atoms with Gasteiger partial charge in [0.05, 0.1) is 44.7 Å². The van der Waals surface area contributed by atoms with E-state index in [1.54, 1.807) is 0 Å². The van der Waals surface area contributed by atoms with Gasteiger partial charge < -0.3 is 83.9 Å². The van der Waals surface area contributed by atoms with Gasteiger partial charge in [0.25, 0.3) is 0 Å². The first-order valence-electron chi connectivity index (χ1n) is 23.4. The third-order valence-electron chi connectivity index (χ3n) is 18.6. The van der Waals surface area contributed by atoms with Crippen molar-refractivity contribution in [2.75, 3.05) is 33.0 Å². The van der Waals surface area contributed by atoms with Crippen molar-refractivity contribution in [1.29, 1.82) is 0 Å². The van der Waals surface area contributed by atoms with Gasteiger partial charge in [-0.25, -0.2) is 0 Å². The van der Waals surface area contributed by atoms with E-state index < -0.39 is 105 Å². The molecule has 2 spiro atoms. The van der Waals surface area contributed by atoms with E-state index in [0.29, 0.717) is 31.5 Å². The quantitative estimate of drug-likeness (QED) is 0.135. The monoisotopic (exact) mass is 898 g/mol. The average Bonchev–Trinajstić information content (AvgIpc) is 3.90. The Morgan fingerprint density at radius 1 is 0.762 bits per heavy atom. The summed E-state index contributed by atoms with van der Waals surface area (Å²) in [5.74, 6) is 0.0473. The van der Waals surface area contributed by atoms with Crippen LogP contribution in [0.5, 0.6) is 0 Å². The van der Waals surface area contributed by atoms with Gasteiger partial charge in [0.1, 0.15) is 61.0 Å². The van der Waals surface area contributed by atoms with Crippen LogP contribution in [0.2, 0.25) is 0 Å². The predicted octanol–water partition coefficient (Wildman–Crippen LogP) is 0.463. The molecule has 360 valence electrons. The lowest BCUT2D eigenvalue weighted by molar-refractivity contribution is -0.351. The highest BCUT2D eigenvalue weighted by Crippen LogP contribution is 2.80. The topological polar surface area (TPSA) is 256 Å². The first-order valence-corrected chi connectivity index (χ1v) is 23.4. The molecule has 9 rings (SSSR count). The fourth-order valence-electron chi connectivity index (χ4n) is 15.5. The molecule has 63 heavy (non-hydrogen) atoms.